The van der Waals surface area contributed by atoms with Gasteiger partial charge >= 0.3 is 0 Å². The number of rotatable bonds is 6. The van der Waals surface area contributed by atoms with E-state index in [0.717, 1.165) is 51.9 Å². The van der Waals surface area contributed by atoms with Crippen LogP contribution in [0.2, 0.25) is 0 Å². The van der Waals surface area contributed by atoms with E-state index in [-0.39, 0.29) is 21.5 Å². The summed E-state index contributed by atoms with van der Waals surface area (Å²) in [5, 5.41) is 25.4. The van der Waals surface area contributed by atoms with Gasteiger partial charge < -0.3 is 14.9 Å². The van der Waals surface area contributed by atoms with Gasteiger partial charge in [-0.2, -0.15) is 20.1 Å². The second-order valence-corrected chi connectivity index (χ2v) is 8.70. The number of benzene rings is 1. The summed E-state index contributed by atoms with van der Waals surface area (Å²) in [4.78, 5) is 28.7. The monoisotopic (exact) mass is 504 g/mol. The molecule has 2 N–H and O–H groups in total. The molecule has 3 heterocycles. The highest BCUT2D eigenvalue weighted by molar-refractivity contribution is 9.10. The molecule has 0 amide bonds. The van der Waals surface area contributed by atoms with Crippen LogP contribution in [0.3, 0.4) is 0 Å². The third-order valence-electron chi connectivity index (χ3n) is 5.55. The average Bonchev–Trinajstić information content (AvgIpc) is 2.82. The molecule has 11 nitrogen and oxygen atoms in total. The predicted molar refractivity (Wildman–Crippen MR) is 126 cm³/mol. The molecule has 2 saturated heterocycles. The number of phenols is 1. The molecule has 2 fully saturated rings. The first-order chi connectivity index (χ1) is 15.5. The summed E-state index contributed by atoms with van der Waals surface area (Å²) in [5.74, 6) is 1.40. The topological polar surface area (TPSA) is 133 Å². The van der Waals surface area contributed by atoms with Crippen molar-refractivity contribution in [3.05, 3.63) is 32.3 Å². The van der Waals surface area contributed by atoms with Crippen molar-refractivity contribution in [1.29, 1.82) is 0 Å². The standard InChI is InChI=1S/C20H25BrN8O3/c21-16-12-15(29(31)32)11-14(17(16)30)13-22-26-18-23-19(27-7-3-1-4-8-27)25-20(24-18)28-9-5-2-6-10-28/h11-13,30H,1-10H2,(H,23,24,25,26)/b22-13-. The number of hydrogen-bond donors (Lipinski definition) is 2. The van der Waals surface area contributed by atoms with Crippen molar-refractivity contribution < 1.29 is 10.0 Å². The van der Waals surface area contributed by atoms with E-state index in [0.29, 0.717) is 17.8 Å². The molecule has 170 valence electrons. The first-order valence-electron chi connectivity index (χ1n) is 10.7. The van der Waals surface area contributed by atoms with Gasteiger partial charge in [0, 0.05) is 43.9 Å². The summed E-state index contributed by atoms with van der Waals surface area (Å²) < 4.78 is 0.216. The smallest absolute Gasteiger partial charge is 0.271 e. The number of piperidine rings is 2. The minimum Gasteiger partial charge on any atom is -0.506 e. The van der Waals surface area contributed by atoms with Crippen molar-refractivity contribution in [3.63, 3.8) is 0 Å². The number of nitro groups is 1. The second kappa shape index (κ2) is 10.1. The molecule has 0 radical (unpaired) electrons. The Morgan fingerprint density at radius 2 is 1.56 bits per heavy atom. The van der Waals surface area contributed by atoms with Crippen LogP contribution in [-0.4, -0.2) is 57.4 Å². The summed E-state index contributed by atoms with van der Waals surface area (Å²) in [6.07, 6.45) is 8.13. The molecular weight excluding hydrogens is 480 g/mol. The zero-order valence-electron chi connectivity index (χ0n) is 17.6. The fraction of sp³-hybridized carbons (Fsp3) is 0.500. The minimum absolute atomic E-state index is 0.139. The molecule has 1 aromatic heterocycles. The van der Waals surface area contributed by atoms with E-state index in [4.69, 9.17) is 4.98 Å². The van der Waals surface area contributed by atoms with Gasteiger partial charge in [-0.1, -0.05) is 0 Å². The molecule has 4 rings (SSSR count). The molecule has 32 heavy (non-hydrogen) atoms. The van der Waals surface area contributed by atoms with Gasteiger partial charge in [0.1, 0.15) is 5.75 Å². The Kier molecular flexibility index (Phi) is 6.98. The van der Waals surface area contributed by atoms with E-state index in [1.165, 1.54) is 31.2 Å². The van der Waals surface area contributed by atoms with E-state index in [9.17, 15) is 15.2 Å². The largest absolute Gasteiger partial charge is 0.506 e. The molecular formula is C20H25BrN8O3. The summed E-state index contributed by atoms with van der Waals surface area (Å²) >= 11 is 3.13. The number of nitrogens with one attached hydrogen (secondary N) is 1. The van der Waals surface area contributed by atoms with Crippen LogP contribution in [-0.2, 0) is 0 Å². The van der Waals surface area contributed by atoms with Crippen LogP contribution < -0.4 is 15.2 Å². The maximum Gasteiger partial charge on any atom is 0.271 e. The van der Waals surface area contributed by atoms with Crippen molar-refractivity contribution in [2.24, 2.45) is 5.10 Å². The number of halogens is 1. The Balaban J connectivity index is 1.59. The average molecular weight is 505 g/mol. The number of non-ortho nitro benzene ring substituents is 1. The lowest BCUT2D eigenvalue weighted by Gasteiger charge is -2.30. The zero-order valence-corrected chi connectivity index (χ0v) is 19.2. The highest BCUT2D eigenvalue weighted by Gasteiger charge is 2.20. The Bertz CT molecular complexity index is 970. The number of aromatic nitrogens is 3. The molecule has 0 bridgehead atoms. The number of phenolic OH excluding ortho intramolecular Hbond substituents is 1. The summed E-state index contributed by atoms with van der Waals surface area (Å²) in [6.45, 7) is 3.62. The second-order valence-electron chi connectivity index (χ2n) is 7.85. The van der Waals surface area contributed by atoms with Gasteiger partial charge in [-0.05, 0) is 54.5 Å². The molecule has 0 unspecified atom stereocenters. The fourth-order valence-electron chi connectivity index (χ4n) is 3.84. The van der Waals surface area contributed by atoms with Crippen molar-refractivity contribution in [1.82, 2.24) is 15.0 Å². The van der Waals surface area contributed by atoms with Crippen LogP contribution in [0.1, 0.15) is 44.1 Å². The van der Waals surface area contributed by atoms with E-state index in [2.05, 4.69) is 46.2 Å². The third-order valence-corrected chi connectivity index (χ3v) is 6.15. The molecule has 2 aliphatic heterocycles. The Hall–Kier alpha value is -3.02. The van der Waals surface area contributed by atoms with Gasteiger partial charge in [0.15, 0.2) is 0 Å². The molecule has 2 aliphatic rings. The lowest BCUT2D eigenvalue weighted by Crippen LogP contribution is -2.34. The Morgan fingerprint density at radius 1 is 1.00 bits per heavy atom. The minimum atomic E-state index is -0.531. The van der Waals surface area contributed by atoms with E-state index in [1.54, 1.807) is 0 Å². The van der Waals surface area contributed by atoms with Crippen LogP contribution >= 0.6 is 15.9 Å². The molecule has 0 aliphatic carbocycles. The Labute approximate surface area is 193 Å². The quantitative estimate of drug-likeness (QED) is 0.343. The first-order valence-corrected chi connectivity index (χ1v) is 11.5. The van der Waals surface area contributed by atoms with Crippen molar-refractivity contribution in [3.8, 4) is 5.75 Å². The van der Waals surface area contributed by atoms with E-state index in [1.807, 2.05) is 0 Å². The van der Waals surface area contributed by atoms with Crippen LogP contribution in [0.15, 0.2) is 21.7 Å². The van der Waals surface area contributed by atoms with Crippen LogP contribution in [0.4, 0.5) is 23.5 Å². The number of aromatic hydroxyl groups is 1. The maximum absolute atomic E-state index is 11.1. The fourth-order valence-corrected chi connectivity index (χ4v) is 4.31. The van der Waals surface area contributed by atoms with Crippen molar-refractivity contribution in [2.75, 3.05) is 41.4 Å². The third kappa shape index (κ3) is 5.23. The number of hydrogen-bond acceptors (Lipinski definition) is 10. The van der Waals surface area contributed by atoms with Gasteiger partial charge in [0.05, 0.1) is 15.6 Å². The van der Waals surface area contributed by atoms with Gasteiger partial charge in [0.2, 0.25) is 17.8 Å². The molecule has 12 heteroatoms. The highest BCUT2D eigenvalue weighted by atomic mass is 79.9. The highest BCUT2D eigenvalue weighted by Crippen LogP contribution is 2.31. The predicted octanol–water partition coefficient (Wildman–Crippen LogP) is 3.67. The van der Waals surface area contributed by atoms with E-state index < -0.39 is 4.92 Å². The molecule has 0 spiro atoms. The lowest BCUT2D eigenvalue weighted by molar-refractivity contribution is -0.385. The number of nitrogens with zero attached hydrogens (tertiary/aromatic N) is 7. The van der Waals surface area contributed by atoms with Gasteiger partial charge in [-0.15, -0.1) is 0 Å². The molecule has 2 aromatic rings. The Morgan fingerprint density at radius 3 is 2.09 bits per heavy atom. The zero-order chi connectivity index (χ0) is 22.5. The summed E-state index contributed by atoms with van der Waals surface area (Å²) in [7, 11) is 0. The maximum atomic E-state index is 11.1. The normalized spacial score (nSPS) is 17.0. The van der Waals surface area contributed by atoms with Crippen LogP contribution in [0.5, 0.6) is 5.75 Å². The molecule has 0 saturated carbocycles. The lowest BCUT2D eigenvalue weighted by atomic mass is 10.1. The number of anilines is 3. The number of nitro benzene ring substituents is 1. The van der Waals surface area contributed by atoms with E-state index >= 15 is 0 Å². The molecule has 0 atom stereocenters. The van der Waals surface area contributed by atoms with Gasteiger partial charge in [-0.3, -0.25) is 10.1 Å². The molecule has 1 aromatic carbocycles. The van der Waals surface area contributed by atoms with Crippen LogP contribution in [0.25, 0.3) is 0 Å². The van der Waals surface area contributed by atoms with Gasteiger partial charge in [-0.25, -0.2) is 5.43 Å². The summed E-state index contributed by atoms with van der Waals surface area (Å²) in [5.41, 5.74) is 2.84. The summed E-state index contributed by atoms with van der Waals surface area (Å²) in [6, 6.07) is 2.48. The SMILES string of the molecule is O=[N+]([O-])c1cc(Br)c(O)c(/C=N\Nc2nc(N3CCCCC3)nc(N3CCCCC3)n2)c1. The number of hydrazone groups is 1. The van der Waals surface area contributed by atoms with Crippen molar-refractivity contribution >= 4 is 45.7 Å². The first kappa shape index (κ1) is 22.2. The van der Waals surface area contributed by atoms with Crippen molar-refractivity contribution in [2.45, 2.75) is 38.5 Å². The van der Waals surface area contributed by atoms with Gasteiger partial charge in [0.25, 0.3) is 5.69 Å². The van der Waals surface area contributed by atoms with Crippen LogP contribution in [0, 0.1) is 10.1 Å².